The minimum atomic E-state index is -0.115. The van der Waals surface area contributed by atoms with Gasteiger partial charge in [-0.25, -0.2) is 15.0 Å². The van der Waals surface area contributed by atoms with Gasteiger partial charge in [0, 0.05) is 42.2 Å². The van der Waals surface area contributed by atoms with E-state index >= 15 is 0 Å². The van der Waals surface area contributed by atoms with Gasteiger partial charge in [0.25, 0.3) is 0 Å². The van der Waals surface area contributed by atoms with Crippen molar-refractivity contribution in [1.82, 2.24) is 15.0 Å². The van der Waals surface area contributed by atoms with Crippen LogP contribution in [0.15, 0.2) is 156 Å². The average molecular weight is 684 g/mol. The molecule has 0 spiro atoms. The summed E-state index contributed by atoms with van der Waals surface area (Å²) in [6.45, 7) is 0. The van der Waals surface area contributed by atoms with Gasteiger partial charge in [-0.15, -0.1) is 11.3 Å². The summed E-state index contributed by atoms with van der Waals surface area (Å²) in [7, 11) is 0. The molecule has 0 fully saturated rings. The van der Waals surface area contributed by atoms with Crippen molar-refractivity contribution in [3.63, 3.8) is 0 Å². The Kier molecular flexibility index (Phi) is 6.51. The normalized spacial score (nSPS) is 14.2. The summed E-state index contributed by atoms with van der Waals surface area (Å²) in [6, 6.07) is 51.7. The van der Waals surface area contributed by atoms with Gasteiger partial charge in [0.05, 0.1) is 5.92 Å². The molecule has 0 radical (unpaired) electrons. The summed E-state index contributed by atoms with van der Waals surface area (Å²) < 4.78 is 8.95. The zero-order valence-corrected chi connectivity index (χ0v) is 28.8. The van der Waals surface area contributed by atoms with E-state index in [-0.39, 0.29) is 5.92 Å². The molecular formula is C47H29N3OS. The zero-order chi connectivity index (χ0) is 34.2. The summed E-state index contributed by atoms with van der Waals surface area (Å²) in [5.74, 6) is 2.85. The van der Waals surface area contributed by atoms with Crippen molar-refractivity contribution in [2.75, 3.05) is 0 Å². The number of allylic oxidation sites excluding steroid dienone is 1. The molecule has 11 rings (SSSR count). The van der Waals surface area contributed by atoms with Crippen molar-refractivity contribution in [3.8, 4) is 33.9 Å². The van der Waals surface area contributed by atoms with Gasteiger partial charge in [-0.3, -0.25) is 0 Å². The molecule has 7 aromatic carbocycles. The molecule has 0 saturated heterocycles. The fourth-order valence-electron chi connectivity index (χ4n) is 7.88. The third kappa shape index (κ3) is 4.70. The van der Waals surface area contributed by atoms with Crippen LogP contribution in [0.4, 0.5) is 0 Å². The molecule has 1 atom stereocenters. The molecule has 3 aromatic heterocycles. The number of furan rings is 1. The van der Waals surface area contributed by atoms with Gasteiger partial charge >= 0.3 is 0 Å². The molecular weight excluding hydrogens is 655 g/mol. The molecule has 1 aliphatic rings. The van der Waals surface area contributed by atoms with Gasteiger partial charge in [0.2, 0.25) is 0 Å². The SMILES string of the molecule is C1=Cc2oc3ccc(-c4ccc5ccccc5c4)cc3c2C(c2nc(-c3ccc4ccccc4c3)nc(-c3cccc4c3sc3ccccc34)n2)C1. The molecule has 0 amide bonds. The lowest BCUT2D eigenvalue weighted by molar-refractivity contribution is 0.586. The topological polar surface area (TPSA) is 51.8 Å². The highest BCUT2D eigenvalue weighted by molar-refractivity contribution is 7.26. The molecule has 1 aliphatic carbocycles. The lowest BCUT2D eigenvalue weighted by Gasteiger charge is -2.19. The minimum absolute atomic E-state index is 0.115. The second-order valence-corrected chi connectivity index (χ2v) is 14.6. The second kappa shape index (κ2) is 11.6. The summed E-state index contributed by atoms with van der Waals surface area (Å²) in [6.07, 6.45) is 5.05. The maximum Gasteiger partial charge on any atom is 0.165 e. The fourth-order valence-corrected chi connectivity index (χ4v) is 9.09. The van der Waals surface area contributed by atoms with Crippen LogP contribution >= 0.6 is 11.3 Å². The predicted molar refractivity (Wildman–Crippen MR) is 216 cm³/mol. The van der Waals surface area contributed by atoms with E-state index in [0.29, 0.717) is 11.6 Å². The van der Waals surface area contributed by atoms with Crippen molar-refractivity contribution in [3.05, 3.63) is 169 Å². The van der Waals surface area contributed by atoms with E-state index in [9.17, 15) is 0 Å². The quantitative estimate of drug-likeness (QED) is 0.185. The van der Waals surface area contributed by atoms with Crippen molar-refractivity contribution in [2.45, 2.75) is 12.3 Å². The Morgan fingerprint density at radius 3 is 2.06 bits per heavy atom. The summed E-state index contributed by atoms with van der Waals surface area (Å²) >= 11 is 1.79. The maximum absolute atomic E-state index is 6.52. The highest BCUT2D eigenvalue weighted by Crippen LogP contribution is 2.44. The number of fused-ring (bicyclic) bond motifs is 8. The van der Waals surface area contributed by atoms with Crippen molar-refractivity contribution < 1.29 is 4.42 Å². The number of hydrogen-bond acceptors (Lipinski definition) is 5. The number of thiophene rings is 1. The standard InChI is InChI=1S/C47H29N3OS/c1-3-11-30-25-32(21-19-28(30)9-1)33-23-24-40-39(27-33)43-37(15-8-17-41(43)51-40)46-48-45(34-22-20-29-10-2-4-12-31(29)26-34)49-47(50-46)38-16-7-14-36-35-13-5-6-18-42(35)52-44(36)38/h1-14,16-27,37H,15H2. The number of aromatic nitrogens is 3. The Morgan fingerprint density at radius 2 is 1.21 bits per heavy atom. The monoisotopic (exact) mass is 683 g/mol. The van der Waals surface area contributed by atoms with E-state index in [1.165, 1.54) is 41.9 Å². The van der Waals surface area contributed by atoms with Crippen molar-refractivity contribution in [2.24, 2.45) is 0 Å². The Hall–Kier alpha value is -6.43. The Bertz CT molecular complexity index is 3080. The largest absolute Gasteiger partial charge is 0.456 e. The first-order valence-corrected chi connectivity index (χ1v) is 18.4. The molecule has 4 nitrogen and oxygen atoms in total. The Labute approximate surface area is 303 Å². The van der Waals surface area contributed by atoms with Crippen LogP contribution < -0.4 is 0 Å². The molecule has 10 aromatic rings. The van der Waals surface area contributed by atoms with Crippen LogP contribution in [0.3, 0.4) is 0 Å². The van der Waals surface area contributed by atoms with Crippen LogP contribution in [0.1, 0.15) is 29.5 Å². The van der Waals surface area contributed by atoms with E-state index in [4.69, 9.17) is 19.4 Å². The lowest BCUT2D eigenvalue weighted by Crippen LogP contribution is -2.11. The van der Waals surface area contributed by atoms with Crippen LogP contribution in [0.25, 0.3) is 92.7 Å². The van der Waals surface area contributed by atoms with Crippen LogP contribution in [0.5, 0.6) is 0 Å². The molecule has 0 bridgehead atoms. The zero-order valence-electron chi connectivity index (χ0n) is 28.0. The van der Waals surface area contributed by atoms with Crippen LogP contribution in [-0.4, -0.2) is 15.0 Å². The fraction of sp³-hybridized carbons (Fsp3) is 0.0426. The third-order valence-electron chi connectivity index (χ3n) is 10.4. The first-order chi connectivity index (χ1) is 25.7. The first kappa shape index (κ1) is 29.3. The van der Waals surface area contributed by atoms with Crippen molar-refractivity contribution in [1.29, 1.82) is 0 Å². The number of benzene rings is 7. The van der Waals surface area contributed by atoms with Gasteiger partial charge in [0.1, 0.15) is 17.2 Å². The number of nitrogens with zero attached hydrogens (tertiary/aromatic N) is 3. The van der Waals surface area contributed by atoms with E-state index in [2.05, 4.69) is 158 Å². The van der Waals surface area contributed by atoms with E-state index in [1.54, 1.807) is 11.3 Å². The number of rotatable bonds is 4. The average Bonchev–Trinajstić information content (AvgIpc) is 3.78. The van der Waals surface area contributed by atoms with Crippen LogP contribution in [0.2, 0.25) is 0 Å². The maximum atomic E-state index is 6.52. The Balaban J connectivity index is 1.12. The van der Waals surface area contributed by atoms with E-state index in [1.807, 2.05) is 0 Å². The molecule has 5 heteroatoms. The molecule has 0 N–H and O–H groups in total. The van der Waals surface area contributed by atoms with Crippen molar-refractivity contribution >= 4 is 70.1 Å². The summed E-state index contributed by atoms with van der Waals surface area (Å²) in [4.78, 5) is 15.9. The second-order valence-electron chi connectivity index (χ2n) is 13.5. The van der Waals surface area contributed by atoms with Gasteiger partial charge in [-0.1, -0.05) is 115 Å². The molecule has 3 heterocycles. The first-order valence-electron chi connectivity index (χ1n) is 17.6. The molecule has 0 saturated carbocycles. The van der Waals surface area contributed by atoms with Gasteiger partial charge in [0.15, 0.2) is 11.6 Å². The summed E-state index contributed by atoms with van der Waals surface area (Å²) in [5.41, 5.74) is 6.31. The van der Waals surface area contributed by atoms with Gasteiger partial charge < -0.3 is 4.42 Å². The smallest absolute Gasteiger partial charge is 0.165 e. The molecule has 52 heavy (non-hydrogen) atoms. The van der Waals surface area contributed by atoms with E-state index in [0.717, 1.165) is 56.6 Å². The molecule has 1 unspecified atom stereocenters. The predicted octanol–water partition coefficient (Wildman–Crippen LogP) is 12.8. The van der Waals surface area contributed by atoms with Gasteiger partial charge in [-0.05, 0) is 81.6 Å². The highest BCUT2D eigenvalue weighted by atomic mass is 32.1. The highest BCUT2D eigenvalue weighted by Gasteiger charge is 2.29. The molecule has 244 valence electrons. The number of hydrogen-bond donors (Lipinski definition) is 0. The van der Waals surface area contributed by atoms with E-state index < -0.39 is 0 Å². The lowest BCUT2D eigenvalue weighted by atomic mass is 9.87. The summed E-state index contributed by atoms with van der Waals surface area (Å²) in [5, 5.41) is 8.36. The molecule has 0 aliphatic heterocycles. The van der Waals surface area contributed by atoms with Crippen LogP contribution in [0, 0.1) is 0 Å². The van der Waals surface area contributed by atoms with Crippen LogP contribution in [-0.2, 0) is 0 Å². The van der Waals surface area contributed by atoms with Gasteiger partial charge in [-0.2, -0.15) is 0 Å². The Morgan fingerprint density at radius 1 is 0.538 bits per heavy atom. The third-order valence-corrected chi connectivity index (χ3v) is 11.7. The minimum Gasteiger partial charge on any atom is -0.456 e.